The molecule has 2 atom stereocenters. The molecule has 0 saturated carbocycles. The van der Waals surface area contributed by atoms with Crippen LogP contribution >= 0.6 is 0 Å². The van der Waals surface area contributed by atoms with Crippen molar-refractivity contribution in [2.75, 3.05) is 13.7 Å². The summed E-state index contributed by atoms with van der Waals surface area (Å²) in [5.74, 6) is -1.64. The first-order valence-electron chi connectivity index (χ1n) is 6.78. The van der Waals surface area contributed by atoms with Gasteiger partial charge in [0.1, 0.15) is 28.7 Å². The van der Waals surface area contributed by atoms with Gasteiger partial charge in [-0.05, 0) is 18.6 Å². The third-order valence-electron chi connectivity index (χ3n) is 3.78. The molecule has 1 fully saturated rings. The topological polar surface area (TPSA) is 88.2 Å². The third kappa shape index (κ3) is 2.84. The standard InChI is InChI=1S/C13H14F2N4O3S/c1-22-9-5-11(13-16-7-17-18-13)19(6-9)23(20,21)12-3-2-8(14)4-10(12)15/h2-4,7,9,11H,5-6H2,1H3,(H,16,17,18)/t9-,11+/m1/s1. The van der Waals surface area contributed by atoms with Crippen molar-refractivity contribution in [1.82, 2.24) is 19.5 Å². The molecule has 0 aliphatic carbocycles. The van der Waals surface area contributed by atoms with E-state index >= 15 is 0 Å². The van der Waals surface area contributed by atoms with Crippen LogP contribution in [-0.2, 0) is 14.8 Å². The lowest BCUT2D eigenvalue weighted by atomic mass is 10.2. The van der Waals surface area contributed by atoms with Crippen molar-refractivity contribution >= 4 is 10.0 Å². The minimum atomic E-state index is -4.18. The van der Waals surface area contributed by atoms with E-state index in [-0.39, 0.29) is 12.6 Å². The molecular formula is C13H14F2N4O3S. The van der Waals surface area contributed by atoms with Gasteiger partial charge in [0.15, 0.2) is 0 Å². The summed E-state index contributed by atoms with van der Waals surface area (Å²) in [5.41, 5.74) is 0. The van der Waals surface area contributed by atoms with Gasteiger partial charge >= 0.3 is 0 Å². The maximum atomic E-state index is 13.9. The lowest BCUT2D eigenvalue weighted by molar-refractivity contribution is 0.114. The average molecular weight is 344 g/mol. The Balaban J connectivity index is 2.03. The van der Waals surface area contributed by atoms with Gasteiger partial charge < -0.3 is 4.74 Å². The Bertz CT molecular complexity index is 798. The lowest BCUT2D eigenvalue weighted by Crippen LogP contribution is -2.33. The minimum absolute atomic E-state index is 0.0427. The highest BCUT2D eigenvalue weighted by atomic mass is 32.2. The molecule has 7 nitrogen and oxygen atoms in total. The smallest absolute Gasteiger partial charge is 0.246 e. The van der Waals surface area contributed by atoms with Crippen LogP contribution < -0.4 is 0 Å². The SMILES string of the molecule is CO[C@@H]1C[C@@H](c2ncn[nH]2)N(S(=O)(=O)c2ccc(F)cc2F)C1. The van der Waals surface area contributed by atoms with Gasteiger partial charge in [-0.3, -0.25) is 5.10 Å². The molecule has 0 bridgehead atoms. The summed E-state index contributed by atoms with van der Waals surface area (Å²) in [4.78, 5) is 3.40. The molecule has 3 rings (SSSR count). The van der Waals surface area contributed by atoms with Crippen LogP contribution in [0.1, 0.15) is 18.3 Å². The van der Waals surface area contributed by atoms with Crippen LogP contribution in [0.5, 0.6) is 0 Å². The molecule has 124 valence electrons. The molecule has 0 radical (unpaired) electrons. The molecule has 1 aromatic carbocycles. The van der Waals surface area contributed by atoms with Crippen LogP contribution in [0.25, 0.3) is 0 Å². The molecule has 2 aromatic rings. The number of methoxy groups -OCH3 is 1. The molecule has 1 aliphatic rings. The maximum Gasteiger partial charge on any atom is 0.246 e. The summed E-state index contributed by atoms with van der Waals surface area (Å²) in [6.45, 7) is 0.0427. The fourth-order valence-electron chi connectivity index (χ4n) is 2.64. The molecule has 10 heteroatoms. The van der Waals surface area contributed by atoms with Crippen molar-refractivity contribution in [1.29, 1.82) is 0 Å². The van der Waals surface area contributed by atoms with Gasteiger partial charge in [0.05, 0.1) is 12.1 Å². The second kappa shape index (κ2) is 5.95. The van der Waals surface area contributed by atoms with E-state index < -0.39 is 32.6 Å². The number of halogens is 2. The van der Waals surface area contributed by atoms with Crippen LogP contribution in [0.2, 0.25) is 0 Å². The first-order valence-corrected chi connectivity index (χ1v) is 8.22. The maximum absolute atomic E-state index is 13.9. The molecule has 1 aliphatic heterocycles. The first kappa shape index (κ1) is 16.0. The van der Waals surface area contributed by atoms with E-state index in [1.54, 1.807) is 0 Å². The Morgan fingerprint density at radius 3 is 2.78 bits per heavy atom. The first-order chi connectivity index (χ1) is 10.9. The molecule has 1 saturated heterocycles. The largest absolute Gasteiger partial charge is 0.380 e. The zero-order chi connectivity index (χ0) is 16.6. The fourth-order valence-corrected chi connectivity index (χ4v) is 4.32. The normalized spacial score (nSPS) is 22.6. The Morgan fingerprint density at radius 1 is 1.39 bits per heavy atom. The number of nitrogens with zero attached hydrogens (tertiary/aromatic N) is 3. The highest BCUT2D eigenvalue weighted by Crippen LogP contribution is 2.36. The Kier molecular flexibility index (Phi) is 4.13. The van der Waals surface area contributed by atoms with Gasteiger partial charge in [0.2, 0.25) is 10.0 Å². The molecule has 1 N–H and O–H groups in total. The summed E-state index contributed by atoms with van der Waals surface area (Å²) in [7, 11) is -2.71. The summed E-state index contributed by atoms with van der Waals surface area (Å²) in [6.07, 6.45) is 1.26. The fraction of sp³-hybridized carbons (Fsp3) is 0.385. The van der Waals surface area contributed by atoms with Crippen LogP contribution in [0, 0.1) is 11.6 Å². The van der Waals surface area contributed by atoms with Gasteiger partial charge in [-0.1, -0.05) is 0 Å². The van der Waals surface area contributed by atoms with Crippen LogP contribution in [0.3, 0.4) is 0 Å². The number of aromatic amines is 1. The van der Waals surface area contributed by atoms with E-state index in [2.05, 4.69) is 15.2 Å². The van der Waals surface area contributed by atoms with Gasteiger partial charge in [-0.15, -0.1) is 0 Å². The predicted molar refractivity (Wildman–Crippen MR) is 74.8 cm³/mol. The number of H-pyrrole nitrogens is 1. The minimum Gasteiger partial charge on any atom is -0.380 e. The number of sulfonamides is 1. The zero-order valence-electron chi connectivity index (χ0n) is 12.1. The van der Waals surface area contributed by atoms with Crippen molar-refractivity contribution in [3.05, 3.63) is 42.0 Å². The number of hydrogen-bond acceptors (Lipinski definition) is 5. The van der Waals surface area contributed by atoms with Crippen molar-refractivity contribution in [2.45, 2.75) is 23.5 Å². The second-order valence-electron chi connectivity index (χ2n) is 5.13. The summed E-state index contributed by atoms with van der Waals surface area (Å²) < 4.78 is 58.9. The zero-order valence-corrected chi connectivity index (χ0v) is 12.9. The molecule has 0 unspecified atom stereocenters. The van der Waals surface area contributed by atoms with Crippen LogP contribution in [0.15, 0.2) is 29.4 Å². The van der Waals surface area contributed by atoms with E-state index in [0.717, 1.165) is 16.4 Å². The number of rotatable bonds is 4. The van der Waals surface area contributed by atoms with Gasteiger partial charge in [0.25, 0.3) is 0 Å². The highest BCUT2D eigenvalue weighted by Gasteiger charge is 2.43. The van der Waals surface area contributed by atoms with E-state index in [1.807, 2.05) is 0 Å². The quantitative estimate of drug-likeness (QED) is 0.901. The number of ether oxygens (including phenoxy) is 1. The van der Waals surface area contributed by atoms with Gasteiger partial charge in [0, 0.05) is 19.7 Å². The van der Waals surface area contributed by atoms with Crippen molar-refractivity contribution in [2.24, 2.45) is 0 Å². The summed E-state index contributed by atoms with van der Waals surface area (Å²) in [5, 5.41) is 6.34. The number of aromatic nitrogens is 3. The number of benzene rings is 1. The second-order valence-corrected chi connectivity index (χ2v) is 6.99. The number of nitrogens with one attached hydrogen (secondary N) is 1. The molecule has 23 heavy (non-hydrogen) atoms. The van der Waals surface area contributed by atoms with Gasteiger partial charge in [-0.25, -0.2) is 22.2 Å². The van der Waals surface area contributed by atoms with E-state index in [9.17, 15) is 17.2 Å². The van der Waals surface area contributed by atoms with Gasteiger partial charge in [-0.2, -0.15) is 9.40 Å². The predicted octanol–water partition coefficient (Wildman–Crippen LogP) is 1.23. The Hall–Kier alpha value is -1.91. The monoisotopic (exact) mass is 344 g/mol. The van der Waals surface area contributed by atoms with Crippen molar-refractivity contribution < 1.29 is 21.9 Å². The van der Waals surface area contributed by atoms with Crippen molar-refractivity contribution in [3.8, 4) is 0 Å². The average Bonchev–Trinajstić information content (AvgIpc) is 3.16. The molecular weight excluding hydrogens is 330 g/mol. The van der Waals surface area contributed by atoms with Crippen LogP contribution in [-0.4, -0.2) is 47.7 Å². The molecule has 1 aromatic heterocycles. The molecule has 0 spiro atoms. The van der Waals surface area contributed by atoms with E-state index in [4.69, 9.17) is 4.74 Å². The van der Waals surface area contributed by atoms with E-state index in [0.29, 0.717) is 18.3 Å². The molecule has 2 heterocycles. The van der Waals surface area contributed by atoms with E-state index in [1.165, 1.54) is 13.4 Å². The number of hydrogen-bond donors (Lipinski definition) is 1. The Morgan fingerprint density at radius 2 is 2.17 bits per heavy atom. The Labute approximate surface area is 131 Å². The lowest BCUT2D eigenvalue weighted by Gasteiger charge is -2.22. The summed E-state index contributed by atoms with van der Waals surface area (Å²) in [6, 6.07) is 1.71. The van der Waals surface area contributed by atoms with Crippen molar-refractivity contribution in [3.63, 3.8) is 0 Å². The third-order valence-corrected chi connectivity index (χ3v) is 5.69. The summed E-state index contributed by atoms with van der Waals surface area (Å²) >= 11 is 0. The highest BCUT2D eigenvalue weighted by molar-refractivity contribution is 7.89. The molecule has 0 amide bonds. The van der Waals surface area contributed by atoms with Crippen LogP contribution in [0.4, 0.5) is 8.78 Å².